The van der Waals surface area contributed by atoms with Crippen LogP contribution < -0.4 is 5.56 Å². The number of aliphatic hydroxyl groups excluding tert-OH is 1. The summed E-state index contributed by atoms with van der Waals surface area (Å²) in [6, 6.07) is 18.7. The van der Waals surface area contributed by atoms with E-state index in [9.17, 15) is 19.8 Å². The van der Waals surface area contributed by atoms with Crippen molar-refractivity contribution >= 4 is 5.91 Å². The molecule has 0 radical (unpaired) electrons. The molecule has 0 saturated carbocycles. The number of hydrogen-bond acceptors (Lipinski definition) is 5. The number of aromatic nitrogens is 2. The Morgan fingerprint density at radius 2 is 1.76 bits per heavy atom. The zero-order valence-electron chi connectivity index (χ0n) is 19.4. The Kier molecular flexibility index (Phi) is 7.24. The van der Waals surface area contributed by atoms with Gasteiger partial charge in [-0.05, 0) is 29.9 Å². The first-order valence-electron chi connectivity index (χ1n) is 11.7. The molecule has 34 heavy (non-hydrogen) atoms. The Morgan fingerprint density at radius 3 is 2.44 bits per heavy atom. The maximum absolute atomic E-state index is 12.8. The van der Waals surface area contributed by atoms with Gasteiger partial charge in [-0.1, -0.05) is 61.5 Å². The van der Waals surface area contributed by atoms with Gasteiger partial charge in [0.15, 0.2) is 0 Å². The third-order valence-electron chi connectivity index (χ3n) is 6.70. The molecule has 1 atom stereocenters. The number of rotatable bonds is 7. The minimum Gasteiger partial charge on any atom is -0.392 e. The van der Waals surface area contributed by atoms with E-state index in [2.05, 4.69) is 11.9 Å². The largest absolute Gasteiger partial charge is 0.392 e. The van der Waals surface area contributed by atoms with Crippen LogP contribution in [-0.4, -0.2) is 49.3 Å². The van der Waals surface area contributed by atoms with Crippen molar-refractivity contribution in [3.63, 3.8) is 0 Å². The quantitative estimate of drug-likeness (QED) is 0.564. The Labute approximate surface area is 199 Å². The van der Waals surface area contributed by atoms with E-state index in [1.807, 2.05) is 53.4 Å². The van der Waals surface area contributed by atoms with E-state index in [-0.39, 0.29) is 30.5 Å². The number of piperidine rings is 1. The summed E-state index contributed by atoms with van der Waals surface area (Å²) in [7, 11) is 0. The van der Waals surface area contributed by atoms with Crippen LogP contribution in [0.5, 0.6) is 0 Å². The second-order valence-electron chi connectivity index (χ2n) is 9.18. The van der Waals surface area contributed by atoms with Crippen molar-refractivity contribution in [2.45, 2.75) is 50.9 Å². The van der Waals surface area contributed by atoms with E-state index < -0.39 is 5.60 Å². The van der Waals surface area contributed by atoms with Gasteiger partial charge in [-0.15, -0.1) is 0 Å². The van der Waals surface area contributed by atoms with E-state index in [0.29, 0.717) is 49.2 Å². The average Bonchev–Trinajstić information content (AvgIpc) is 2.86. The van der Waals surface area contributed by atoms with E-state index in [1.165, 1.54) is 17.0 Å². The maximum Gasteiger partial charge on any atom is 0.253 e. The van der Waals surface area contributed by atoms with Crippen LogP contribution in [0.3, 0.4) is 0 Å². The number of nitrogens with zero attached hydrogens (tertiary/aromatic N) is 3. The average molecular weight is 462 g/mol. The van der Waals surface area contributed by atoms with E-state index in [4.69, 9.17) is 0 Å². The van der Waals surface area contributed by atoms with Gasteiger partial charge in [-0.2, -0.15) is 0 Å². The number of carbonyl (C=O) groups is 1. The van der Waals surface area contributed by atoms with Crippen LogP contribution >= 0.6 is 0 Å². The number of carbonyl (C=O) groups excluding carboxylic acids is 1. The molecule has 1 aliphatic heterocycles. The molecule has 3 aromatic rings. The molecule has 1 fully saturated rings. The highest BCUT2D eigenvalue weighted by Crippen LogP contribution is 2.27. The number of amides is 1. The van der Waals surface area contributed by atoms with Crippen molar-refractivity contribution in [1.82, 2.24) is 14.5 Å². The molecule has 1 saturated heterocycles. The highest BCUT2D eigenvalue weighted by atomic mass is 16.3. The predicted molar refractivity (Wildman–Crippen MR) is 130 cm³/mol. The summed E-state index contributed by atoms with van der Waals surface area (Å²) in [5.41, 5.74) is 1.71. The van der Waals surface area contributed by atoms with Crippen LogP contribution in [0.25, 0.3) is 11.3 Å². The van der Waals surface area contributed by atoms with Crippen LogP contribution in [0, 0.1) is 0 Å². The number of likely N-dealkylation sites (tertiary alicyclic amines) is 1. The Hall–Kier alpha value is -3.29. The molecular formula is C27H31N3O4. The van der Waals surface area contributed by atoms with Crippen molar-refractivity contribution in [2.75, 3.05) is 13.1 Å². The minimum atomic E-state index is -1.07. The number of aliphatic hydroxyl groups is 2. The van der Waals surface area contributed by atoms with Gasteiger partial charge in [0.1, 0.15) is 0 Å². The van der Waals surface area contributed by atoms with E-state index >= 15 is 0 Å². The zero-order valence-corrected chi connectivity index (χ0v) is 19.4. The molecule has 1 amide bonds. The lowest BCUT2D eigenvalue weighted by atomic mass is 9.90. The van der Waals surface area contributed by atoms with Crippen LogP contribution in [0.15, 0.2) is 71.8 Å². The van der Waals surface area contributed by atoms with Gasteiger partial charge in [0.25, 0.3) is 5.56 Å². The predicted octanol–water partition coefficient (Wildman–Crippen LogP) is 2.95. The minimum absolute atomic E-state index is 0.0872. The molecule has 0 bridgehead atoms. The first kappa shape index (κ1) is 23.9. The standard InChI is InChI=1S/C27H31N3O4/c1-20(21-7-3-2-4-8-21)15-25(32)29-13-11-27(34,12-14-29)18-30-19-28-24(16-26(30)33)23-10-6-5-9-22(23)17-31/h2-10,16,19-20,31,34H,11-15,17-18H2,1H3/t20-/m1/s1. The summed E-state index contributed by atoms with van der Waals surface area (Å²) in [6.45, 7) is 2.96. The van der Waals surface area contributed by atoms with Gasteiger partial charge < -0.3 is 15.1 Å². The molecule has 1 aliphatic rings. The fourth-order valence-electron chi connectivity index (χ4n) is 4.54. The molecule has 1 aromatic heterocycles. The molecule has 7 heteroatoms. The summed E-state index contributed by atoms with van der Waals surface area (Å²) >= 11 is 0. The molecule has 2 heterocycles. The Balaban J connectivity index is 1.37. The van der Waals surface area contributed by atoms with Gasteiger partial charge in [-0.25, -0.2) is 4.98 Å². The molecular weight excluding hydrogens is 430 g/mol. The molecule has 4 rings (SSSR count). The Morgan fingerprint density at radius 1 is 1.09 bits per heavy atom. The van der Waals surface area contributed by atoms with Crippen molar-refractivity contribution in [1.29, 1.82) is 0 Å². The molecule has 0 unspecified atom stereocenters. The Bertz CT molecular complexity index is 1180. The van der Waals surface area contributed by atoms with Crippen molar-refractivity contribution in [3.8, 4) is 11.3 Å². The van der Waals surface area contributed by atoms with Gasteiger partial charge in [0.2, 0.25) is 5.91 Å². The smallest absolute Gasteiger partial charge is 0.253 e. The fourth-order valence-corrected chi connectivity index (χ4v) is 4.54. The molecule has 178 valence electrons. The van der Waals surface area contributed by atoms with Crippen molar-refractivity contribution in [2.24, 2.45) is 0 Å². The lowest BCUT2D eigenvalue weighted by Crippen LogP contribution is -2.49. The number of hydrogen-bond donors (Lipinski definition) is 2. The highest BCUT2D eigenvalue weighted by Gasteiger charge is 2.34. The lowest BCUT2D eigenvalue weighted by molar-refractivity contribution is -0.136. The van der Waals surface area contributed by atoms with Gasteiger partial charge in [0, 0.05) is 31.1 Å². The zero-order chi connectivity index (χ0) is 24.1. The maximum atomic E-state index is 12.8. The monoisotopic (exact) mass is 461 g/mol. The van der Waals surface area contributed by atoms with Crippen molar-refractivity contribution in [3.05, 3.63) is 88.5 Å². The van der Waals surface area contributed by atoms with Gasteiger partial charge in [0.05, 0.1) is 30.8 Å². The summed E-state index contributed by atoms with van der Waals surface area (Å²) < 4.78 is 1.42. The normalized spacial score (nSPS) is 16.3. The van der Waals surface area contributed by atoms with E-state index in [1.54, 1.807) is 6.07 Å². The summed E-state index contributed by atoms with van der Waals surface area (Å²) in [4.78, 5) is 31.7. The summed E-state index contributed by atoms with van der Waals surface area (Å²) in [5, 5.41) is 20.7. The SMILES string of the molecule is C[C@H](CC(=O)N1CCC(O)(Cn2cnc(-c3ccccc3CO)cc2=O)CC1)c1ccccc1. The first-order valence-corrected chi connectivity index (χ1v) is 11.7. The second-order valence-corrected chi connectivity index (χ2v) is 9.18. The number of benzene rings is 2. The third-order valence-corrected chi connectivity index (χ3v) is 6.70. The van der Waals surface area contributed by atoms with Crippen LogP contribution in [0.2, 0.25) is 0 Å². The lowest BCUT2D eigenvalue weighted by Gasteiger charge is -2.38. The molecule has 0 aliphatic carbocycles. The highest BCUT2D eigenvalue weighted by molar-refractivity contribution is 5.77. The molecule has 2 N–H and O–H groups in total. The van der Waals surface area contributed by atoms with Crippen LogP contribution in [0.4, 0.5) is 0 Å². The van der Waals surface area contributed by atoms with Crippen molar-refractivity contribution < 1.29 is 15.0 Å². The summed E-state index contributed by atoms with van der Waals surface area (Å²) in [5.74, 6) is 0.220. The molecule has 0 spiro atoms. The van der Waals surface area contributed by atoms with E-state index in [0.717, 1.165) is 5.56 Å². The topological polar surface area (TPSA) is 95.7 Å². The first-order chi connectivity index (χ1) is 16.4. The van der Waals surface area contributed by atoms with Gasteiger partial charge in [-0.3, -0.25) is 14.2 Å². The summed E-state index contributed by atoms with van der Waals surface area (Å²) in [6.07, 6.45) is 2.69. The third kappa shape index (κ3) is 5.43. The van der Waals surface area contributed by atoms with Crippen LogP contribution in [0.1, 0.15) is 43.2 Å². The van der Waals surface area contributed by atoms with Crippen LogP contribution in [-0.2, 0) is 17.9 Å². The van der Waals surface area contributed by atoms with Gasteiger partial charge >= 0.3 is 0 Å². The fraction of sp³-hybridized carbons (Fsp3) is 0.370. The second kappa shape index (κ2) is 10.3. The molecule has 2 aromatic carbocycles. The molecule has 7 nitrogen and oxygen atoms in total.